The first-order chi connectivity index (χ1) is 10.2. The van der Waals surface area contributed by atoms with E-state index in [-0.39, 0.29) is 6.10 Å². The van der Waals surface area contributed by atoms with Crippen LogP contribution in [0.4, 0.5) is 0 Å². The van der Waals surface area contributed by atoms with E-state index in [0.29, 0.717) is 13.0 Å². The Labute approximate surface area is 126 Å². The monoisotopic (exact) mass is 285 g/mol. The van der Waals surface area contributed by atoms with Crippen molar-refractivity contribution in [3.63, 3.8) is 0 Å². The molecule has 1 atom stereocenters. The van der Waals surface area contributed by atoms with Crippen LogP contribution in [0.25, 0.3) is 0 Å². The summed E-state index contributed by atoms with van der Waals surface area (Å²) in [5, 5.41) is 17.7. The molecule has 0 aliphatic rings. The summed E-state index contributed by atoms with van der Waals surface area (Å²) in [5.74, 6) is 0. The summed E-state index contributed by atoms with van der Waals surface area (Å²) < 4.78 is 1.87. The summed E-state index contributed by atoms with van der Waals surface area (Å²) in [4.78, 5) is 0. The van der Waals surface area contributed by atoms with E-state index in [1.165, 1.54) is 0 Å². The molecule has 2 rings (SSSR count). The van der Waals surface area contributed by atoms with Gasteiger partial charge in [0.05, 0.1) is 18.3 Å². The Hall–Kier alpha value is -1.91. The first-order valence-corrected chi connectivity index (χ1v) is 7.25. The molecule has 0 unspecified atom stereocenters. The van der Waals surface area contributed by atoms with Crippen molar-refractivity contribution in [2.75, 3.05) is 6.54 Å². The van der Waals surface area contributed by atoms with Crippen LogP contribution in [0.1, 0.15) is 16.8 Å². The molecule has 0 radical (unpaired) electrons. The number of aliphatic hydroxyl groups excluding tert-OH is 1. The van der Waals surface area contributed by atoms with E-state index in [1.807, 2.05) is 54.2 Å². The van der Waals surface area contributed by atoms with Gasteiger partial charge in [0.25, 0.3) is 0 Å². The average Bonchev–Trinajstić information content (AvgIpc) is 2.80. The number of hydrogen-bond acceptors (Lipinski definition) is 3. The molecular weight excluding hydrogens is 262 g/mol. The number of nitrogens with zero attached hydrogens (tertiary/aromatic N) is 2. The molecule has 0 saturated carbocycles. The lowest BCUT2D eigenvalue weighted by molar-refractivity contribution is 0.171. The van der Waals surface area contributed by atoms with Gasteiger partial charge in [-0.1, -0.05) is 36.4 Å². The van der Waals surface area contributed by atoms with Crippen LogP contribution >= 0.6 is 0 Å². The SMILES string of the molecule is C=CCn1cc(CNC[C@H](O)Cc2ccccc2)c(C)n1. The van der Waals surface area contributed by atoms with Gasteiger partial charge in [-0.15, -0.1) is 6.58 Å². The first-order valence-electron chi connectivity index (χ1n) is 7.25. The van der Waals surface area contributed by atoms with E-state index in [1.54, 1.807) is 0 Å². The zero-order valence-corrected chi connectivity index (χ0v) is 12.5. The fourth-order valence-electron chi connectivity index (χ4n) is 2.29. The maximum Gasteiger partial charge on any atom is 0.0704 e. The molecule has 0 aliphatic heterocycles. The second kappa shape index (κ2) is 7.76. The van der Waals surface area contributed by atoms with Crippen molar-refractivity contribution in [1.29, 1.82) is 0 Å². The molecule has 4 heteroatoms. The molecule has 0 aliphatic carbocycles. The maximum atomic E-state index is 10.0. The highest BCUT2D eigenvalue weighted by molar-refractivity contribution is 5.16. The first kappa shape index (κ1) is 15.5. The maximum absolute atomic E-state index is 10.0. The van der Waals surface area contributed by atoms with E-state index >= 15 is 0 Å². The molecule has 1 aromatic carbocycles. The largest absolute Gasteiger partial charge is 0.391 e. The quantitative estimate of drug-likeness (QED) is 0.730. The molecule has 2 aromatic rings. The summed E-state index contributed by atoms with van der Waals surface area (Å²) in [5.41, 5.74) is 3.33. The Morgan fingerprint density at radius 3 is 2.86 bits per heavy atom. The van der Waals surface area contributed by atoms with Crippen LogP contribution < -0.4 is 5.32 Å². The second-order valence-electron chi connectivity index (χ2n) is 5.22. The van der Waals surface area contributed by atoms with E-state index in [2.05, 4.69) is 17.0 Å². The Morgan fingerprint density at radius 2 is 2.14 bits per heavy atom. The highest BCUT2D eigenvalue weighted by atomic mass is 16.3. The van der Waals surface area contributed by atoms with Crippen molar-refractivity contribution in [2.45, 2.75) is 32.5 Å². The van der Waals surface area contributed by atoms with E-state index < -0.39 is 0 Å². The van der Waals surface area contributed by atoms with Crippen molar-refractivity contribution in [3.05, 3.63) is 66.0 Å². The molecule has 2 N–H and O–H groups in total. The molecule has 0 spiro atoms. The number of rotatable bonds is 8. The molecular formula is C17H23N3O. The van der Waals surface area contributed by atoms with Crippen molar-refractivity contribution in [1.82, 2.24) is 15.1 Å². The lowest BCUT2D eigenvalue weighted by Crippen LogP contribution is -2.28. The summed E-state index contributed by atoms with van der Waals surface area (Å²) in [6, 6.07) is 10.0. The fraction of sp³-hybridized carbons (Fsp3) is 0.353. The summed E-state index contributed by atoms with van der Waals surface area (Å²) >= 11 is 0. The van der Waals surface area contributed by atoms with Crippen LogP contribution in [0.3, 0.4) is 0 Å². The molecule has 112 valence electrons. The van der Waals surface area contributed by atoms with E-state index in [9.17, 15) is 5.11 Å². The Kier molecular flexibility index (Phi) is 5.72. The van der Waals surface area contributed by atoms with Crippen molar-refractivity contribution < 1.29 is 5.11 Å². The highest BCUT2D eigenvalue weighted by Gasteiger charge is 2.07. The van der Waals surface area contributed by atoms with Gasteiger partial charge in [0.2, 0.25) is 0 Å². The summed E-state index contributed by atoms with van der Waals surface area (Å²) in [7, 11) is 0. The molecule has 4 nitrogen and oxygen atoms in total. The summed E-state index contributed by atoms with van der Waals surface area (Å²) in [6.45, 7) is 7.71. The number of benzene rings is 1. The van der Waals surface area contributed by atoms with Crippen LogP contribution in [0.5, 0.6) is 0 Å². The number of aliphatic hydroxyl groups is 1. The van der Waals surface area contributed by atoms with Crippen molar-refractivity contribution >= 4 is 0 Å². The van der Waals surface area contributed by atoms with Crippen LogP contribution in [0.2, 0.25) is 0 Å². The number of nitrogens with one attached hydrogen (secondary N) is 1. The Morgan fingerprint density at radius 1 is 1.38 bits per heavy atom. The number of aromatic nitrogens is 2. The van der Waals surface area contributed by atoms with Crippen LogP contribution in [-0.4, -0.2) is 27.5 Å². The van der Waals surface area contributed by atoms with Crippen LogP contribution in [-0.2, 0) is 19.5 Å². The average molecular weight is 285 g/mol. The van der Waals surface area contributed by atoms with Gasteiger partial charge in [-0.25, -0.2) is 0 Å². The number of allylic oxidation sites excluding steroid dienone is 1. The van der Waals surface area contributed by atoms with Gasteiger partial charge >= 0.3 is 0 Å². The minimum atomic E-state index is -0.379. The third-order valence-electron chi connectivity index (χ3n) is 3.37. The zero-order chi connectivity index (χ0) is 15.1. The van der Waals surface area contributed by atoms with E-state index in [0.717, 1.165) is 29.9 Å². The molecule has 0 saturated heterocycles. The predicted molar refractivity (Wildman–Crippen MR) is 85.0 cm³/mol. The predicted octanol–water partition coefficient (Wildman–Crippen LogP) is 2.07. The molecule has 1 aromatic heterocycles. The van der Waals surface area contributed by atoms with Crippen molar-refractivity contribution in [3.8, 4) is 0 Å². The van der Waals surface area contributed by atoms with Gasteiger partial charge < -0.3 is 10.4 Å². The molecule has 1 heterocycles. The third kappa shape index (κ3) is 4.85. The standard InChI is InChI=1S/C17H23N3O/c1-3-9-20-13-16(14(2)19-20)11-18-12-17(21)10-15-7-5-4-6-8-15/h3-8,13,17-18,21H,1,9-12H2,2H3/t17-/m1/s1. The highest BCUT2D eigenvalue weighted by Crippen LogP contribution is 2.06. The summed E-state index contributed by atoms with van der Waals surface area (Å²) in [6.07, 6.45) is 4.14. The molecule has 0 bridgehead atoms. The number of aryl methyl sites for hydroxylation is 1. The minimum Gasteiger partial charge on any atom is -0.391 e. The number of hydrogen-bond donors (Lipinski definition) is 2. The lowest BCUT2D eigenvalue weighted by atomic mass is 10.1. The van der Waals surface area contributed by atoms with Gasteiger partial charge in [0, 0.05) is 24.8 Å². The van der Waals surface area contributed by atoms with Gasteiger partial charge in [0.15, 0.2) is 0 Å². The normalized spacial score (nSPS) is 12.3. The Balaban J connectivity index is 1.77. The van der Waals surface area contributed by atoms with Gasteiger partial charge in [-0.05, 0) is 18.9 Å². The minimum absolute atomic E-state index is 0.379. The lowest BCUT2D eigenvalue weighted by Gasteiger charge is -2.11. The van der Waals surface area contributed by atoms with Gasteiger partial charge in [-0.2, -0.15) is 5.10 Å². The van der Waals surface area contributed by atoms with Crippen LogP contribution in [0, 0.1) is 6.92 Å². The van der Waals surface area contributed by atoms with Crippen LogP contribution in [0.15, 0.2) is 49.2 Å². The molecule has 0 fully saturated rings. The van der Waals surface area contributed by atoms with Crippen molar-refractivity contribution in [2.24, 2.45) is 0 Å². The third-order valence-corrected chi connectivity index (χ3v) is 3.37. The Bertz CT molecular complexity index is 563. The molecule has 0 amide bonds. The van der Waals surface area contributed by atoms with Gasteiger partial charge in [0.1, 0.15) is 0 Å². The van der Waals surface area contributed by atoms with E-state index in [4.69, 9.17) is 0 Å². The van der Waals surface area contributed by atoms with Gasteiger partial charge in [-0.3, -0.25) is 4.68 Å². The fourth-order valence-corrected chi connectivity index (χ4v) is 2.29. The smallest absolute Gasteiger partial charge is 0.0704 e. The zero-order valence-electron chi connectivity index (χ0n) is 12.5. The molecule has 21 heavy (non-hydrogen) atoms. The second-order valence-corrected chi connectivity index (χ2v) is 5.22. The topological polar surface area (TPSA) is 50.1 Å².